The second-order valence-corrected chi connectivity index (χ2v) is 4.48. The number of nitrogens with zero attached hydrogens (tertiary/aromatic N) is 2. The first-order valence-electron chi connectivity index (χ1n) is 5.67. The van der Waals surface area contributed by atoms with Gasteiger partial charge in [-0.2, -0.15) is 0 Å². The molecule has 0 bridgehead atoms. The van der Waals surface area contributed by atoms with Crippen molar-refractivity contribution >= 4 is 11.6 Å². The summed E-state index contributed by atoms with van der Waals surface area (Å²) < 4.78 is 0. The molecule has 1 amide bonds. The van der Waals surface area contributed by atoms with Gasteiger partial charge in [0.25, 0.3) is 5.91 Å². The van der Waals surface area contributed by atoms with Crippen LogP contribution in [0, 0.1) is 5.92 Å². The van der Waals surface area contributed by atoms with Crippen LogP contribution in [0.5, 0.6) is 0 Å². The van der Waals surface area contributed by atoms with Crippen molar-refractivity contribution in [1.29, 1.82) is 0 Å². The second kappa shape index (κ2) is 5.63. The zero-order valence-electron chi connectivity index (χ0n) is 10.8. The monoisotopic (exact) mass is 236 g/mol. The molecule has 0 aliphatic carbocycles. The summed E-state index contributed by atoms with van der Waals surface area (Å²) in [6.07, 6.45) is 1.54. The first kappa shape index (κ1) is 13.4. The van der Waals surface area contributed by atoms with Gasteiger partial charge >= 0.3 is 0 Å². The fraction of sp³-hybridized carbons (Fsp3) is 0.500. The van der Waals surface area contributed by atoms with Gasteiger partial charge < -0.3 is 10.3 Å². The molecule has 0 aliphatic heterocycles. The number of carbonyl (C=O) groups is 1. The predicted molar refractivity (Wildman–Crippen MR) is 68.4 cm³/mol. The SMILES string of the molecule is CC(C)C(C)N(C)C(=O)c1ccc(NN)cn1. The van der Waals surface area contributed by atoms with E-state index in [1.165, 1.54) is 0 Å². The van der Waals surface area contributed by atoms with Crippen molar-refractivity contribution in [2.45, 2.75) is 26.8 Å². The molecular weight excluding hydrogens is 216 g/mol. The number of aromatic nitrogens is 1. The number of carbonyl (C=O) groups excluding carboxylic acids is 1. The van der Waals surface area contributed by atoms with Crippen molar-refractivity contribution in [2.75, 3.05) is 12.5 Å². The van der Waals surface area contributed by atoms with Crippen LogP contribution in [0.2, 0.25) is 0 Å². The summed E-state index contributed by atoms with van der Waals surface area (Å²) in [5, 5.41) is 0. The van der Waals surface area contributed by atoms with Gasteiger partial charge in [-0.1, -0.05) is 13.8 Å². The molecule has 5 nitrogen and oxygen atoms in total. The minimum absolute atomic E-state index is 0.0743. The van der Waals surface area contributed by atoms with E-state index in [-0.39, 0.29) is 11.9 Å². The number of nitrogen functional groups attached to an aromatic ring is 1. The largest absolute Gasteiger partial charge is 0.337 e. The van der Waals surface area contributed by atoms with Gasteiger partial charge in [0, 0.05) is 13.1 Å². The van der Waals surface area contributed by atoms with Gasteiger partial charge in [-0.15, -0.1) is 0 Å². The fourth-order valence-corrected chi connectivity index (χ4v) is 1.42. The normalized spacial score (nSPS) is 12.4. The lowest BCUT2D eigenvalue weighted by Gasteiger charge is -2.27. The second-order valence-electron chi connectivity index (χ2n) is 4.48. The van der Waals surface area contributed by atoms with E-state index in [1.54, 1.807) is 30.3 Å². The van der Waals surface area contributed by atoms with Gasteiger partial charge in [0.15, 0.2) is 0 Å². The minimum Gasteiger partial charge on any atom is -0.337 e. The Morgan fingerprint density at radius 1 is 1.41 bits per heavy atom. The van der Waals surface area contributed by atoms with Crippen LogP contribution in [0.25, 0.3) is 0 Å². The van der Waals surface area contributed by atoms with Crippen molar-refractivity contribution in [3.8, 4) is 0 Å². The highest BCUT2D eigenvalue weighted by atomic mass is 16.2. The van der Waals surface area contributed by atoms with E-state index in [4.69, 9.17) is 5.84 Å². The molecule has 5 heteroatoms. The lowest BCUT2D eigenvalue weighted by Crippen LogP contribution is -2.38. The molecule has 3 N–H and O–H groups in total. The molecule has 94 valence electrons. The molecule has 1 rings (SSSR count). The van der Waals surface area contributed by atoms with E-state index in [0.29, 0.717) is 17.3 Å². The summed E-state index contributed by atoms with van der Waals surface area (Å²) in [5.41, 5.74) is 3.59. The highest BCUT2D eigenvalue weighted by molar-refractivity contribution is 5.92. The molecule has 0 saturated heterocycles. The molecule has 0 spiro atoms. The Morgan fingerprint density at radius 3 is 2.47 bits per heavy atom. The summed E-state index contributed by atoms with van der Waals surface area (Å²) in [4.78, 5) is 17.9. The minimum atomic E-state index is -0.0743. The first-order chi connectivity index (χ1) is 7.97. The quantitative estimate of drug-likeness (QED) is 0.613. The summed E-state index contributed by atoms with van der Waals surface area (Å²) in [6.45, 7) is 6.20. The predicted octanol–water partition coefficient (Wildman–Crippen LogP) is 1.48. The number of hydrazine groups is 1. The van der Waals surface area contributed by atoms with Crippen molar-refractivity contribution in [3.05, 3.63) is 24.0 Å². The van der Waals surface area contributed by atoms with Gasteiger partial charge in [0.1, 0.15) is 5.69 Å². The molecule has 0 radical (unpaired) electrons. The molecule has 17 heavy (non-hydrogen) atoms. The number of nitrogens with two attached hydrogens (primary N) is 1. The van der Waals surface area contributed by atoms with Crippen molar-refractivity contribution < 1.29 is 4.79 Å². The summed E-state index contributed by atoms with van der Waals surface area (Å²) in [6, 6.07) is 3.58. The lowest BCUT2D eigenvalue weighted by atomic mass is 10.0. The van der Waals surface area contributed by atoms with Crippen LogP contribution < -0.4 is 11.3 Å². The maximum absolute atomic E-state index is 12.1. The average molecular weight is 236 g/mol. The average Bonchev–Trinajstić information content (AvgIpc) is 2.36. The molecule has 0 saturated carbocycles. The third-order valence-corrected chi connectivity index (χ3v) is 3.05. The first-order valence-corrected chi connectivity index (χ1v) is 5.67. The Bertz CT molecular complexity index is 375. The molecule has 1 aromatic heterocycles. The molecule has 1 unspecified atom stereocenters. The molecule has 1 aromatic rings. The third-order valence-electron chi connectivity index (χ3n) is 3.05. The standard InChI is InChI=1S/C12H20N4O/c1-8(2)9(3)16(4)12(17)11-6-5-10(15-13)7-14-11/h5-9,15H,13H2,1-4H3. The van der Waals surface area contributed by atoms with E-state index in [1.807, 2.05) is 6.92 Å². The van der Waals surface area contributed by atoms with E-state index in [0.717, 1.165) is 0 Å². The van der Waals surface area contributed by atoms with Gasteiger partial charge in [-0.05, 0) is 25.0 Å². The van der Waals surface area contributed by atoms with E-state index in [9.17, 15) is 4.79 Å². The van der Waals surface area contributed by atoms with Gasteiger partial charge in [-0.25, -0.2) is 4.98 Å². The Morgan fingerprint density at radius 2 is 2.06 bits per heavy atom. The molecule has 0 fully saturated rings. The van der Waals surface area contributed by atoms with Crippen LogP contribution in [-0.2, 0) is 0 Å². The van der Waals surface area contributed by atoms with Gasteiger partial charge in [0.05, 0.1) is 11.9 Å². The maximum Gasteiger partial charge on any atom is 0.272 e. The van der Waals surface area contributed by atoms with E-state index >= 15 is 0 Å². The highest BCUT2D eigenvalue weighted by Gasteiger charge is 2.20. The topological polar surface area (TPSA) is 71.2 Å². The van der Waals surface area contributed by atoms with Crippen molar-refractivity contribution in [1.82, 2.24) is 9.88 Å². The highest BCUT2D eigenvalue weighted by Crippen LogP contribution is 2.12. The number of hydrogen-bond acceptors (Lipinski definition) is 4. The summed E-state index contributed by atoms with van der Waals surface area (Å²) in [5.74, 6) is 5.58. The van der Waals surface area contributed by atoms with Crippen molar-refractivity contribution in [2.24, 2.45) is 11.8 Å². The number of rotatable bonds is 4. The molecular formula is C12H20N4O. The summed E-state index contributed by atoms with van der Waals surface area (Å²) >= 11 is 0. The maximum atomic E-state index is 12.1. The van der Waals surface area contributed by atoms with Crippen LogP contribution >= 0.6 is 0 Å². The number of anilines is 1. The smallest absolute Gasteiger partial charge is 0.272 e. The molecule has 1 atom stereocenters. The van der Waals surface area contributed by atoms with Crippen LogP contribution in [0.15, 0.2) is 18.3 Å². The van der Waals surface area contributed by atoms with Crippen LogP contribution in [0.4, 0.5) is 5.69 Å². The molecule has 0 aromatic carbocycles. The Balaban J connectivity index is 2.81. The van der Waals surface area contributed by atoms with Crippen molar-refractivity contribution in [3.63, 3.8) is 0 Å². The molecule has 1 heterocycles. The zero-order valence-corrected chi connectivity index (χ0v) is 10.8. The number of hydrogen-bond donors (Lipinski definition) is 2. The summed E-state index contributed by atoms with van der Waals surface area (Å²) in [7, 11) is 1.80. The number of pyridine rings is 1. The van der Waals surface area contributed by atoms with Crippen LogP contribution in [-0.4, -0.2) is 28.9 Å². The zero-order chi connectivity index (χ0) is 13.0. The lowest BCUT2D eigenvalue weighted by molar-refractivity contribution is 0.0701. The fourth-order valence-electron chi connectivity index (χ4n) is 1.42. The van der Waals surface area contributed by atoms with Gasteiger partial charge in [-0.3, -0.25) is 10.6 Å². The van der Waals surface area contributed by atoms with Crippen LogP contribution in [0.1, 0.15) is 31.3 Å². The van der Waals surface area contributed by atoms with E-state index in [2.05, 4.69) is 24.3 Å². The van der Waals surface area contributed by atoms with E-state index < -0.39 is 0 Å². The number of nitrogens with one attached hydrogen (secondary N) is 1. The Labute approximate surface area is 102 Å². The third kappa shape index (κ3) is 3.17. The number of amides is 1. The van der Waals surface area contributed by atoms with Gasteiger partial charge in [0.2, 0.25) is 0 Å². The molecule has 0 aliphatic rings. The Hall–Kier alpha value is -1.62. The van der Waals surface area contributed by atoms with Crippen LogP contribution in [0.3, 0.4) is 0 Å². The Kier molecular flexibility index (Phi) is 4.45.